The van der Waals surface area contributed by atoms with Crippen LogP contribution in [0.4, 0.5) is 10.6 Å². The van der Waals surface area contributed by atoms with E-state index in [1.165, 1.54) is 0 Å². The molecule has 2 rings (SSSR count). The Balaban J connectivity index is 1.91. The van der Waals surface area contributed by atoms with E-state index in [-0.39, 0.29) is 0 Å². The normalized spacial score (nSPS) is 17.2. The van der Waals surface area contributed by atoms with Crippen molar-refractivity contribution in [3.63, 3.8) is 0 Å². The highest BCUT2D eigenvalue weighted by atomic mass is 16.6. The summed E-state index contributed by atoms with van der Waals surface area (Å²) in [5.74, 6) is 1.01. The molecule has 1 saturated heterocycles. The van der Waals surface area contributed by atoms with Crippen molar-refractivity contribution < 1.29 is 9.53 Å². The summed E-state index contributed by atoms with van der Waals surface area (Å²) in [4.78, 5) is 11.6. The maximum atomic E-state index is 11.6. The van der Waals surface area contributed by atoms with Gasteiger partial charge in [0.15, 0.2) is 5.82 Å². The second-order valence-corrected chi connectivity index (χ2v) is 5.86. The zero-order chi connectivity index (χ0) is 13.9. The summed E-state index contributed by atoms with van der Waals surface area (Å²) in [5, 5.41) is 13.1. The van der Waals surface area contributed by atoms with Crippen LogP contribution in [0.3, 0.4) is 0 Å². The Hall–Kier alpha value is -1.56. The molecule has 1 amide bonds. The zero-order valence-corrected chi connectivity index (χ0v) is 11.7. The molecule has 19 heavy (non-hydrogen) atoms. The molecule has 2 heterocycles. The summed E-state index contributed by atoms with van der Waals surface area (Å²) < 4.78 is 5.18. The minimum absolute atomic E-state index is 0.476. The number of anilines is 1. The van der Waals surface area contributed by atoms with E-state index < -0.39 is 11.7 Å². The van der Waals surface area contributed by atoms with Gasteiger partial charge in [0.05, 0.1) is 0 Å². The molecule has 0 saturated carbocycles. The van der Waals surface area contributed by atoms with Crippen molar-refractivity contribution in [2.24, 2.45) is 0 Å². The molecule has 0 atom stereocenters. The fourth-order valence-electron chi connectivity index (χ4n) is 2.15. The second-order valence-electron chi connectivity index (χ2n) is 5.86. The van der Waals surface area contributed by atoms with Crippen LogP contribution in [-0.4, -0.2) is 35.0 Å². The number of piperidine rings is 1. The van der Waals surface area contributed by atoms with Gasteiger partial charge in [0.2, 0.25) is 0 Å². The van der Waals surface area contributed by atoms with Gasteiger partial charge in [-0.1, -0.05) is 0 Å². The van der Waals surface area contributed by atoms with E-state index in [4.69, 9.17) is 4.74 Å². The van der Waals surface area contributed by atoms with Crippen molar-refractivity contribution in [3.05, 3.63) is 11.8 Å². The Morgan fingerprint density at radius 1 is 1.42 bits per heavy atom. The fraction of sp³-hybridized carbons (Fsp3) is 0.692. The van der Waals surface area contributed by atoms with Gasteiger partial charge in [-0.15, -0.1) is 0 Å². The molecule has 6 nitrogen and oxygen atoms in total. The van der Waals surface area contributed by atoms with Gasteiger partial charge < -0.3 is 10.1 Å². The number of ether oxygens (including phenoxy) is 1. The molecule has 6 heteroatoms. The maximum absolute atomic E-state index is 11.6. The van der Waals surface area contributed by atoms with Crippen molar-refractivity contribution >= 4 is 11.9 Å². The number of hydrogen-bond acceptors (Lipinski definition) is 4. The molecule has 1 aliphatic rings. The number of nitrogens with zero attached hydrogens (tertiary/aromatic N) is 1. The Kier molecular flexibility index (Phi) is 4.09. The number of hydrogen-bond donors (Lipinski definition) is 3. The van der Waals surface area contributed by atoms with Gasteiger partial charge in [0.1, 0.15) is 5.60 Å². The predicted octanol–water partition coefficient (Wildman–Crippen LogP) is 2.22. The molecule has 0 aromatic carbocycles. The summed E-state index contributed by atoms with van der Waals surface area (Å²) in [7, 11) is 0. The Labute approximate surface area is 113 Å². The first-order chi connectivity index (χ1) is 8.94. The van der Waals surface area contributed by atoms with Crippen molar-refractivity contribution in [2.75, 3.05) is 18.4 Å². The van der Waals surface area contributed by atoms with Crippen molar-refractivity contribution in [1.29, 1.82) is 0 Å². The van der Waals surface area contributed by atoms with Crippen molar-refractivity contribution in [1.82, 2.24) is 15.5 Å². The van der Waals surface area contributed by atoms with Crippen LogP contribution in [0.15, 0.2) is 6.07 Å². The number of aromatic nitrogens is 2. The first kappa shape index (κ1) is 13.9. The van der Waals surface area contributed by atoms with Gasteiger partial charge in [-0.25, -0.2) is 4.79 Å². The lowest BCUT2D eigenvalue weighted by Gasteiger charge is -2.21. The summed E-state index contributed by atoms with van der Waals surface area (Å²) in [6, 6.07) is 1.89. The number of H-pyrrole nitrogens is 1. The summed E-state index contributed by atoms with van der Waals surface area (Å²) in [5.41, 5.74) is 0.575. The molecule has 0 unspecified atom stereocenters. The van der Waals surface area contributed by atoms with Crippen molar-refractivity contribution in [3.8, 4) is 0 Å². The van der Waals surface area contributed by atoms with E-state index in [0.29, 0.717) is 11.7 Å². The molecule has 1 aromatic heterocycles. The lowest BCUT2D eigenvalue weighted by Crippen LogP contribution is -2.27. The highest BCUT2D eigenvalue weighted by Gasteiger charge is 2.20. The zero-order valence-electron chi connectivity index (χ0n) is 11.7. The van der Waals surface area contributed by atoms with E-state index in [1.807, 2.05) is 26.8 Å². The highest BCUT2D eigenvalue weighted by molar-refractivity contribution is 5.83. The topological polar surface area (TPSA) is 79.0 Å². The van der Waals surface area contributed by atoms with Crippen LogP contribution >= 0.6 is 0 Å². The Morgan fingerprint density at radius 3 is 2.74 bits per heavy atom. The molecular formula is C13H22N4O2. The molecule has 1 aliphatic heterocycles. The van der Waals surface area contributed by atoms with Gasteiger partial charge >= 0.3 is 6.09 Å². The molecular weight excluding hydrogens is 244 g/mol. The lowest BCUT2D eigenvalue weighted by atomic mass is 9.95. The minimum atomic E-state index is -0.502. The summed E-state index contributed by atoms with van der Waals surface area (Å²) in [6.07, 6.45) is 1.71. The first-order valence-corrected chi connectivity index (χ1v) is 6.70. The minimum Gasteiger partial charge on any atom is -0.444 e. The summed E-state index contributed by atoms with van der Waals surface area (Å²) >= 11 is 0. The SMILES string of the molecule is CC(C)(C)OC(=O)Nc1cc(C2CCNCC2)[nH]n1. The standard InChI is InChI=1S/C13H22N4O2/c1-13(2,3)19-12(18)15-11-8-10(16-17-11)9-4-6-14-7-5-9/h8-9,14H,4-7H2,1-3H3,(H2,15,16,17,18). The van der Waals surface area contributed by atoms with Crippen molar-refractivity contribution in [2.45, 2.75) is 45.1 Å². The van der Waals surface area contributed by atoms with Crippen LogP contribution in [0, 0.1) is 0 Å². The van der Waals surface area contributed by atoms with Gasteiger partial charge in [-0.3, -0.25) is 10.4 Å². The molecule has 1 fully saturated rings. The average molecular weight is 266 g/mol. The number of carbonyl (C=O) groups is 1. The Morgan fingerprint density at radius 2 is 2.11 bits per heavy atom. The lowest BCUT2D eigenvalue weighted by molar-refractivity contribution is 0.0635. The van der Waals surface area contributed by atoms with E-state index in [2.05, 4.69) is 20.8 Å². The van der Waals surface area contributed by atoms with E-state index in [9.17, 15) is 4.79 Å². The third-order valence-electron chi connectivity index (χ3n) is 3.01. The van der Waals surface area contributed by atoms with Gasteiger partial charge in [0, 0.05) is 17.7 Å². The van der Waals surface area contributed by atoms with Crippen LogP contribution in [0.1, 0.15) is 45.2 Å². The Bertz CT molecular complexity index is 430. The third-order valence-corrected chi connectivity index (χ3v) is 3.01. The quantitative estimate of drug-likeness (QED) is 0.767. The van der Waals surface area contributed by atoms with Crippen LogP contribution in [0.5, 0.6) is 0 Å². The average Bonchev–Trinajstić information content (AvgIpc) is 2.76. The second kappa shape index (κ2) is 5.61. The third kappa shape index (κ3) is 4.24. The first-order valence-electron chi connectivity index (χ1n) is 6.70. The molecule has 0 bridgehead atoms. The van der Waals surface area contributed by atoms with Crippen LogP contribution < -0.4 is 10.6 Å². The van der Waals surface area contributed by atoms with E-state index in [0.717, 1.165) is 31.6 Å². The summed E-state index contributed by atoms with van der Waals surface area (Å²) in [6.45, 7) is 7.55. The van der Waals surface area contributed by atoms with Gasteiger partial charge in [-0.2, -0.15) is 5.10 Å². The predicted molar refractivity (Wildman–Crippen MR) is 73.3 cm³/mol. The van der Waals surface area contributed by atoms with Crippen LogP contribution in [-0.2, 0) is 4.74 Å². The molecule has 0 spiro atoms. The van der Waals surface area contributed by atoms with E-state index >= 15 is 0 Å². The van der Waals surface area contributed by atoms with E-state index in [1.54, 1.807) is 0 Å². The number of amides is 1. The highest BCUT2D eigenvalue weighted by Crippen LogP contribution is 2.25. The number of rotatable bonds is 2. The number of nitrogens with one attached hydrogen (secondary N) is 3. The van der Waals surface area contributed by atoms with Gasteiger partial charge in [0.25, 0.3) is 0 Å². The fourth-order valence-corrected chi connectivity index (χ4v) is 2.15. The molecule has 0 aliphatic carbocycles. The molecule has 0 radical (unpaired) electrons. The maximum Gasteiger partial charge on any atom is 0.413 e. The molecule has 106 valence electrons. The number of aromatic amines is 1. The largest absolute Gasteiger partial charge is 0.444 e. The monoisotopic (exact) mass is 266 g/mol. The molecule has 1 aromatic rings. The van der Waals surface area contributed by atoms with Crippen LogP contribution in [0.2, 0.25) is 0 Å². The van der Waals surface area contributed by atoms with Crippen LogP contribution in [0.25, 0.3) is 0 Å². The smallest absolute Gasteiger partial charge is 0.413 e. The molecule has 3 N–H and O–H groups in total. The number of carbonyl (C=O) groups excluding carboxylic acids is 1. The van der Waals surface area contributed by atoms with Gasteiger partial charge in [-0.05, 0) is 46.7 Å².